The van der Waals surface area contributed by atoms with E-state index in [2.05, 4.69) is 26.6 Å². The Morgan fingerprint density at radius 3 is 3.00 bits per heavy atom. The van der Waals surface area contributed by atoms with Crippen LogP contribution in [0.5, 0.6) is 0 Å². The Labute approximate surface area is 112 Å². The number of nitrogens with one attached hydrogen (secondary N) is 2. The molecule has 1 atom stereocenters. The molecule has 1 aliphatic heterocycles. The summed E-state index contributed by atoms with van der Waals surface area (Å²) >= 11 is 3.03. The first-order chi connectivity index (χ1) is 8.58. The van der Waals surface area contributed by atoms with E-state index in [1.54, 1.807) is 0 Å². The molecule has 2 rings (SSSR count). The van der Waals surface area contributed by atoms with Gasteiger partial charge in [-0.2, -0.15) is 0 Å². The molecule has 1 fully saturated rings. The van der Waals surface area contributed by atoms with Gasteiger partial charge in [-0.1, -0.05) is 0 Å². The molecular formula is C11H13BrFN3O2. The maximum atomic E-state index is 13.3. The molecule has 0 aliphatic carbocycles. The van der Waals surface area contributed by atoms with E-state index in [0.717, 1.165) is 25.5 Å². The van der Waals surface area contributed by atoms with Crippen LogP contribution in [-0.2, 0) is 0 Å². The Hall–Kier alpha value is -1.21. The second kappa shape index (κ2) is 5.62. The standard InChI is InChI=1S/C11H13BrFN3O2/c12-8-4-10(11(16(17)18)5-9(8)13)15-6-7-2-1-3-14-7/h4-5,7,14-15H,1-3,6H2. The summed E-state index contributed by atoms with van der Waals surface area (Å²) in [5.74, 6) is -0.633. The molecule has 1 unspecified atom stereocenters. The number of rotatable bonds is 4. The first kappa shape index (κ1) is 13.2. The molecule has 2 N–H and O–H groups in total. The van der Waals surface area contributed by atoms with Crippen molar-refractivity contribution in [2.24, 2.45) is 0 Å². The largest absolute Gasteiger partial charge is 0.378 e. The molecule has 0 bridgehead atoms. The number of anilines is 1. The van der Waals surface area contributed by atoms with Crippen molar-refractivity contribution in [1.82, 2.24) is 5.32 Å². The molecule has 1 aliphatic rings. The highest BCUT2D eigenvalue weighted by atomic mass is 79.9. The minimum atomic E-state index is -0.633. The van der Waals surface area contributed by atoms with Crippen LogP contribution in [0.3, 0.4) is 0 Å². The maximum Gasteiger partial charge on any atom is 0.295 e. The van der Waals surface area contributed by atoms with E-state index in [1.807, 2.05) is 0 Å². The fourth-order valence-corrected chi connectivity index (χ4v) is 2.34. The van der Waals surface area contributed by atoms with E-state index in [1.165, 1.54) is 6.07 Å². The van der Waals surface area contributed by atoms with Crippen LogP contribution in [-0.4, -0.2) is 24.1 Å². The summed E-state index contributed by atoms with van der Waals surface area (Å²) in [7, 11) is 0. The van der Waals surface area contributed by atoms with Gasteiger partial charge in [-0.25, -0.2) is 4.39 Å². The van der Waals surface area contributed by atoms with Gasteiger partial charge in [0.2, 0.25) is 0 Å². The number of benzene rings is 1. The van der Waals surface area contributed by atoms with Gasteiger partial charge in [-0.3, -0.25) is 10.1 Å². The molecule has 98 valence electrons. The van der Waals surface area contributed by atoms with Crippen molar-refractivity contribution in [2.75, 3.05) is 18.4 Å². The molecule has 0 amide bonds. The summed E-state index contributed by atoms with van der Waals surface area (Å²) in [6, 6.07) is 2.64. The fourth-order valence-electron chi connectivity index (χ4n) is 1.99. The highest BCUT2D eigenvalue weighted by Gasteiger charge is 2.19. The van der Waals surface area contributed by atoms with Gasteiger partial charge in [0.05, 0.1) is 15.5 Å². The van der Waals surface area contributed by atoms with Crippen molar-refractivity contribution in [1.29, 1.82) is 0 Å². The quantitative estimate of drug-likeness (QED) is 0.662. The topological polar surface area (TPSA) is 67.2 Å². The van der Waals surface area contributed by atoms with E-state index in [0.29, 0.717) is 18.3 Å². The van der Waals surface area contributed by atoms with Crippen LogP contribution in [0.4, 0.5) is 15.8 Å². The van der Waals surface area contributed by atoms with Crippen molar-refractivity contribution in [3.8, 4) is 0 Å². The first-order valence-corrected chi connectivity index (χ1v) is 6.48. The van der Waals surface area contributed by atoms with Gasteiger partial charge in [0, 0.05) is 12.6 Å². The first-order valence-electron chi connectivity index (χ1n) is 5.68. The third kappa shape index (κ3) is 2.97. The van der Waals surface area contributed by atoms with Crippen molar-refractivity contribution in [3.63, 3.8) is 0 Å². The number of halogens is 2. The van der Waals surface area contributed by atoms with Gasteiger partial charge in [-0.15, -0.1) is 0 Å². The van der Waals surface area contributed by atoms with E-state index in [-0.39, 0.29) is 10.2 Å². The van der Waals surface area contributed by atoms with Gasteiger partial charge < -0.3 is 10.6 Å². The van der Waals surface area contributed by atoms with E-state index in [4.69, 9.17) is 0 Å². The van der Waals surface area contributed by atoms with Crippen molar-refractivity contribution >= 4 is 27.3 Å². The van der Waals surface area contributed by atoms with Crippen LogP contribution in [0.25, 0.3) is 0 Å². The Morgan fingerprint density at radius 1 is 1.61 bits per heavy atom. The van der Waals surface area contributed by atoms with Crippen LogP contribution < -0.4 is 10.6 Å². The average Bonchev–Trinajstić information content (AvgIpc) is 2.83. The lowest BCUT2D eigenvalue weighted by molar-refractivity contribution is -0.384. The van der Waals surface area contributed by atoms with Crippen molar-refractivity contribution < 1.29 is 9.31 Å². The lowest BCUT2D eigenvalue weighted by Crippen LogP contribution is -2.29. The molecule has 1 saturated heterocycles. The van der Waals surface area contributed by atoms with E-state index >= 15 is 0 Å². The van der Waals surface area contributed by atoms with Crippen LogP contribution in [0, 0.1) is 15.9 Å². The zero-order valence-electron chi connectivity index (χ0n) is 9.58. The number of hydrogen-bond donors (Lipinski definition) is 2. The summed E-state index contributed by atoms with van der Waals surface area (Å²) in [5, 5.41) is 17.1. The fraction of sp³-hybridized carbons (Fsp3) is 0.455. The molecular weight excluding hydrogens is 305 g/mol. The molecule has 1 aromatic rings. The summed E-state index contributed by atoms with van der Waals surface area (Å²) in [6.45, 7) is 1.57. The van der Waals surface area contributed by atoms with Gasteiger partial charge in [-0.05, 0) is 41.4 Å². The molecule has 18 heavy (non-hydrogen) atoms. The Balaban J connectivity index is 2.14. The number of nitro benzene ring substituents is 1. The molecule has 0 saturated carbocycles. The minimum Gasteiger partial charge on any atom is -0.378 e. The van der Waals surface area contributed by atoms with Crippen LogP contribution in [0.15, 0.2) is 16.6 Å². The molecule has 0 aromatic heterocycles. The minimum absolute atomic E-state index is 0.218. The summed E-state index contributed by atoms with van der Waals surface area (Å²) in [6.07, 6.45) is 2.16. The van der Waals surface area contributed by atoms with Gasteiger partial charge in [0.15, 0.2) is 0 Å². The number of hydrogen-bond acceptors (Lipinski definition) is 4. The monoisotopic (exact) mass is 317 g/mol. The van der Waals surface area contributed by atoms with E-state index < -0.39 is 10.7 Å². The van der Waals surface area contributed by atoms with Crippen LogP contribution in [0.2, 0.25) is 0 Å². The molecule has 1 aromatic carbocycles. The van der Waals surface area contributed by atoms with E-state index in [9.17, 15) is 14.5 Å². The smallest absolute Gasteiger partial charge is 0.295 e. The molecule has 7 heteroatoms. The molecule has 0 radical (unpaired) electrons. The number of nitro groups is 1. The summed E-state index contributed by atoms with van der Waals surface area (Å²) in [5.41, 5.74) is 0.0932. The second-order valence-corrected chi connectivity index (χ2v) is 5.07. The predicted molar refractivity (Wildman–Crippen MR) is 70.3 cm³/mol. The summed E-state index contributed by atoms with van der Waals surface area (Å²) < 4.78 is 13.5. The summed E-state index contributed by atoms with van der Waals surface area (Å²) in [4.78, 5) is 10.3. The predicted octanol–water partition coefficient (Wildman–Crippen LogP) is 2.66. The highest BCUT2D eigenvalue weighted by Crippen LogP contribution is 2.30. The van der Waals surface area contributed by atoms with Crippen LogP contribution >= 0.6 is 15.9 Å². The molecule has 5 nitrogen and oxygen atoms in total. The number of nitrogens with zero attached hydrogens (tertiary/aromatic N) is 1. The maximum absolute atomic E-state index is 13.3. The SMILES string of the molecule is O=[N+]([O-])c1cc(F)c(Br)cc1NCC1CCCN1. The Bertz CT molecular complexity index is 464. The highest BCUT2D eigenvalue weighted by molar-refractivity contribution is 9.10. The zero-order chi connectivity index (χ0) is 13.1. The third-order valence-electron chi connectivity index (χ3n) is 2.94. The Morgan fingerprint density at radius 2 is 2.39 bits per heavy atom. The van der Waals surface area contributed by atoms with Crippen molar-refractivity contribution in [2.45, 2.75) is 18.9 Å². The normalized spacial score (nSPS) is 18.9. The zero-order valence-corrected chi connectivity index (χ0v) is 11.2. The van der Waals surface area contributed by atoms with Crippen molar-refractivity contribution in [3.05, 3.63) is 32.5 Å². The molecule has 0 spiro atoms. The lowest BCUT2D eigenvalue weighted by Gasteiger charge is -2.13. The lowest BCUT2D eigenvalue weighted by atomic mass is 10.2. The Kier molecular flexibility index (Phi) is 4.13. The molecule has 1 heterocycles. The average molecular weight is 318 g/mol. The van der Waals surface area contributed by atoms with Gasteiger partial charge >= 0.3 is 0 Å². The van der Waals surface area contributed by atoms with Crippen LogP contribution in [0.1, 0.15) is 12.8 Å². The third-order valence-corrected chi connectivity index (χ3v) is 3.54. The second-order valence-electron chi connectivity index (χ2n) is 4.21. The van der Waals surface area contributed by atoms with Gasteiger partial charge in [0.1, 0.15) is 11.5 Å². The van der Waals surface area contributed by atoms with Gasteiger partial charge in [0.25, 0.3) is 5.69 Å².